The first kappa shape index (κ1) is 12.1. The largest absolute Gasteiger partial charge is 0.465 e. The Morgan fingerprint density at radius 2 is 1.89 bits per heavy atom. The first-order valence-electron chi connectivity index (χ1n) is 5.74. The summed E-state index contributed by atoms with van der Waals surface area (Å²) in [5.41, 5.74) is 2.85. The molecule has 0 aliphatic carbocycles. The van der Waals surface area contributed by atoms with E-state index in [0.29, 0.717) is 13.0 Å². The Balaban J connectivity index is 2.08. The van der Waals surface area contributed by atoms with Gasteiger partial charge in [-0.2, -0.15) is 0 Å². The van der Waals surface area contributed by atoms with Crippen LogP contribution in [0, 0.1) is 0 Å². The van der Waals surface area contributed by atoms with Crippen LogP contribution in [-0.2, 0) is 6.42 Å². The van der Waals surface area contributed by atoms with Crippen molar-refractivity contribution in [2.24, 2.45) is 0 Å². The van der Waals surface area contributed by atoms with Crippen LogP contribution in [0.15, 0.2) is 48.5 Å². The normalized spacial score (nSPS) is 10.0. The van der Waals surface area contributed by atoms with Crippen LogP contribution in [0.2, 0.25) is 0 Å². The topological polar surface area (TPSA) is 62.2 Å². The van der Waals surface area contributed by atoms with E-state index in [2.05, 4.69) is 10.3 Å². The van der Waals surface area contributed by atoms with Crippen LogP contribution in [0.5, 0.6) is 0 Å². The van der Waals surface area contributed by atoms with Crippen molar-refractivity contribution in [3.8, 4) is 11.3 Å². The Hall–Kier alpha value is -2.36. The quantitative estimate of drug-likeness (QED) is 0.866. The second kappa shape index (κ2) is 5.82. The average Bonchev–Trinajstić information content (AvgIpc) is 2.40. The lowest BCUT2D eigenvalue weighted by molar-refractivity contribution is 0.194. The van der Waals surface area contributed by atoms with E-state index in [4.69, 9.17) is 5.11 Å². The van der Waals surface area contributed by atoms with Crippen LogP contribution < -0.4 is 5.32 Å². The van der Waals surface area contributed by atoms with Crippen molar-refractivity contribution in [1.82, 2.24) is 10.3 Å². The Kier molecular flexibility index (Phi) is 3.91. The molecule has 1 aromatic heterocycles. The molecule has 2 N–H and O–H groups in total. The highest BCUT2D eigenvalue weighted by atomic mass is 16.4. The van der Waals surface area contributed by atoms with Crippen LogP contribution in [0.1, 0.15) is 5.69 Å². The molecular formula is C14H14N2O2. The van der Waals surface area contributed by atoms with E-state index in [1.54, 1.807) is 0 Å². The Morgan fingerprint density at radius 1 is 1.11 bits per heavy atom. The van der Waals surface area contributed by atoms with Gasteiger partial charge in [-0.3, -0.25) is 4.98 Å². The molecule has 1 heterocycles. The third-order valence-electron chi connectivity index (χ3n) is 2.53. The van der Waals surface area contributed by atoms with Gasteiger partial charge < -0.3 is 10.4 Å². The summed E-state index contributed by atoms with van der Waals surface area (Å²) in [5, 5.41) is 10.8. The van der Waals surface area contributed by atoms with Crippen molar-refractivity contribution in [3.05, 3.63) is 54.2 Å². The smallest absolute Gasteiger partial charge is 0.404 e. The molecule has 0 atom stereocenters. The Morgan fingerprint density at radius 3 is 2.61 bits per heavy atom. The zero-order valence-corrected chi connectivity index (χ0v) is 9.84. The molecule has 0 saturated carbocycles. The lowest BCUT2D eigenvalue weighted by atomic mass is 10.1. The van der Waals surface area contributed by atoms with Gasteiger partial charge in [0.25, 0.3) is 0 Å². The van der Waals surface area contributed by atoms with Crippen molar-refractivity contribution in [2.75, 3.05) is 6.54 Å². The Labute approximate surface area is 105 Å². The fourth-order valence-corrected chi connectivity index (χ4v) is 1.69. The van der Waals surface area contributed by atoms with Crippen LogP contribution in [-0.4, -0.2) is 22.7 Å². The summed E-state index contributed by atoms with van der Waals surface area (Å²) in [6, 6.07) is 15.7. The highest BCUT2D eigenvalue weighted by Crippen LogP contribution is 2.16. The fraction of sp³-hybridized carbons (Fsp3) is 0.143. The van der Waals surface area contributed by atoms with Crippen molar-refractivity contribution in [3.63, 3.8) is 0 Å². The number of hydrogen-bond acceptors (Lipinski definition) is 2. The molecule has 4 nitrogen and oxygen atoms in total. The minimum Gasteiger partial charge on any atom is -0.465 e. The van der Waals surface area contributed by atoms with Crippen molar-refractivity contribution in [2.45, 2.75) is 6.42 Å². The summed E-state index contributed by atoms with van der Waals surface area (Å²) in [7, 11) is 0. The monoisotopic (exact) mass is 242 g/mol. The zero-order valence-electron chi connectivity index (χ0n) is 9.84. The number of pyridine rings is 1. The number of carbonyl (C=O) groups is 1. The summed E-state index contributed by atoms with van der Waals surface area (Å²) >= 11 is 0. The molecule has 4 heteroatoms. The summed E-state index contributed by atoms with van der Waals surface area (Å²) in [6.07, 6.45) is -0.415. The SMILES string of the molecule is O=C(O)NCCc1cccc(-c2ccccc2)n1. The first-order chi connectivity index (χ1) is 8.75. The summed E-state index contributed by atoms with van der Waals surface area (Å²) in [6.45, 7) is 0.376. The second-order valence-electron chi connectivity index (χ2n) is 3.86. The molecule has 0 radical (unpaired) electrons. The van der Waals surface area contributed by atoms with Gasteiger partial charge in [-0.1, -0.05) is 36.4 Å². The highest BCUT2D eigenvalue weighted by Gasteiger charge is 2.01. The van der Waals surface area contributed by atoms with E-state index < -0.39 is 6.09 Å². The maximum Gasteiger partial charge on any atom is 0.404 e. The zero-order chi connectivity index (χ0) is 12.8. The maximum absolute atomic E-state index is 10.3. The molecule has 2 aromatic rings. The van der Waals surface area contributed by atoms with Gasteiger partial charge in [-0.15, -0.1) is 0 Å². The van der Waals surface area contributed by atoms with Gasteiger partial charge in [-0.25, -0.2) is 4.79 Å². The molecule has 0 aliphatic heterocycles. The number of benzene rings is 1. The van der Waals surface area contributed by atoms with Gasteiger partial charge in [-0.05, 0) is 12.1 Å². The number of aromatic nitrogens is 1. The Bertz CT molecular complexity index is 526. The number of nitrogens with zero attached hydrogens (tertiary/aromatic N) is 1. The number of nitrogens with one attached hydrogen (secondary N) is 1. The highest BCUT2D eigenvalue weighted by molar-refractivity contribution is 5.64. The molecule has 0 spiro atoms. The summed E-state index contributed by atoms with van der Waals surface area (Å²) in [5.74, 6) is 0. The van der Waals surface area contributed by atoms with E-state index in [1.165, 1.54) is 0 Å². The minimum atomic E-state index is -1.01. The molecule has 0 fully saturated rings. The molecule has 1 amide bonds. The van der Waals surface area contributed by atoms with Gasteiger partial charge >= 0.3 is 6.09 Å². The predicted octanol–water partition coefficient (Wildman–Crippen LogP) is 2.56. The van der Waals surface area contributed by atoms with Gasteiger partial charge in [0, 0.05) is 24.2 Å². The third kappa shape index (κ3) is 3.31. The van der Waals surface area contributed by atoms with Crippen molar-refractivity contribution in [1.29, 1.82) is 0 Å². The summed E-state index contributed by atoms with van der Waals surface area (Å²) < 4.78 is 0. The van der Waals surface area contributed by atoms with Crippen molar-refractivity contribution < 1.29 is 9.90 Å². The van der Waals surface area contributed by atoms with E-state index in [-0.39, 0.29) is 0 Å². The first-order valence-corrected chi connectivity index (χ1v) is 5.74. The maximum atomic E-state index is 10.3. The second-order valence-corrected chi connectivity index (χ2v) is 3.86. The number of hydrogen-bond donors (Lipinski definition) is 2. The molecule has 18 heavy (non-hydrogen) atoms. The standard InChI is InChI=1S/C14H14N2O2/c17-14(18)15-10-9-12-7-4-8-13(16-12)11-5-2-1-3-6-11/h1-8,15H,9-10H2,(H,17,18). The van der Waals surface area contributed by atoms with E-state index in [1.807, 2.05) is 48.5 Å². The number of amides is 1. The summed E-state index contributed by atoms with van der Waals surface area (Å²) in [4.78, 5) is 14.9. The van der Waals surface area contributed by atoms with Crippen LogP contribution in [0.3, 0.4) is 0 Å². The van der Waals surface area contributed by atoms with Crippen LogP contribution in [0.25, 0.3) is 11.3 Å². The van der Waals surface area contributed by atoms with Gasteiger partial charge in [0.15, 0.2) is 0 Å². The van der Waals surface area contributed by atoms with E-state index in [0.717, 1.165) is 17.0 Å². The van der Waals surface area contributed by atoms with Crippen LogP contribution in [0.4, 0.5) is 4.79 Å². The molecule has 2 rings (SSSR count). The lowest BCUT2D eigenvalue weighted by Gasteiger charge is -2.04. The van der Waals surface area contributed by atoms with Gasteiger partial charge in [0.2, 0.25) is 0 Å². The van der Waals surface area contributed by atoms with Gasteiger partial charge in [0.1, 0.15) is 0 Å². The molecule has 0 unspecified atom stereocenters. The average molecular weight is 242 g/mol. The predicted molar refractivity (Wildman–Crippen MR) is 69.4 cm³/mol. The molecule has 92 valence electrons. The lowest BCUT2D eigenvalue weighted by Crippen LogP contribution is -2.23. The molecule has 0 bridgehead atoms. The van der Waals surface area contributed by atoms with E-state index >= 15 is 0 Å². The molecular weight excluding hydrogens is 228 g/mol. The minimum absolute atomic E-state index is 0.376. The van der Waals surface area contributed by atoms with Gasteiger partial charge in [0.05, 0.1) is 5.69 Å². The fourth-order valence-electron chi connectivity index (χ4n) is 1.69. The number of rotatable bonds is 4. The third-order valence-corrected chi connectivity index (χ3v) is 2.53. The van der Waals surface area contributed by atoms with E-state index in [9.17, 15) is 4.79 Å². The van der Waals surface area contributed by atoms with Crippen molar-refractivity contribution >= 4 is 6.09 Å². The van der Waals surface area contributed by atoms with Crippen LogP contribution >= 0.6 is 0 Å². The molecule has 0 saturated heterocycles. The molecule has 1 aromatic carbocycles. The number of carboxylic acid groups (broad SMARTS) is 1. The molecule has 0 aliphatic rings.